The Balaban J connectivity index is 2.02. The molecule has 8 heteroatoms. The highest BCUT2D eigenvalue weighted by Gasteiger charge is 2.18. The summed E-state index contributed by atoms with van der Waals surface area (Å²) in [4.78, 5) is 23.8. The predicted molar refractivity (Wildman–Crippen MR) is 80.2 cm³/mol. The zero-order valence-electron chi connectivity index (χ0n) is 11.9. The maximum absolute atomic E-state index is 11.5. The molecule has 8 nitrogen and oxygen atoms in total. The van der Waals surface area contributed by atoms with Crippen molar-refractivity contribution in [1.82, 2.24) is 19.5 Å². The molecule has 0 fully saturated rings. The molecule has 0 aliphatic carbocycles. The van der Waals surface area contributed by atoms with Crippen LogP contribution in [0.2, 0.25) is 0 Å². The van der Waals surface area contributed by atoms with Crippen LogP contribution in [0.1, 0.15) is 11.4 Å². The monoisotopic (exact) mass is 298 g/mol. The van der Waals surface area contributed by atoms with Crippen molar-refractivity contribution in [1.29, 1.82) is 0 Å². The van der Waals surface area contributed by atoms with Crippen molar-refractivity contribution in [2.24, 2.45) is 5.73 Å². The normalized spacial score (nSPS) is 10.8. The second kappa shape index (κ2) is 5.32. The maximum atomic E-state index is 11.5. The molecule has 1 aromatic carbocycles. The number of nitrogens with zero attached hydrogens (tertiary/aromatic N) is 4. The minimum atomic E-state index is -0.688. The number of aryl methyl sites for hydroxylation is 1. The highest BCUT2D eigenvalue weighted by Crippen LogP contribution is 2.24. The van der Waals surface area contributed by atoms with Crippen LogP contribution in [0.3, 0.4) is 0 Å². The van der Waals surface area contributed by atoms with Crippen molar-refractivity contribution < 1.29 is 9.53 Å². The summed E-state index contributed by atoms with van der Waals surface area (Å²) in [6.45, 7) is 1.94. The predicted octanol–water partition coefficient (Wildman–Crippen LogP) is 1.22. The first-order valence-corrected chi connectivity index (χ1v) is 6.55. The maximum Gasteiger partial charge on any atom is 0.326 e. The average molecular weight is 298 g/mol. The average Bonchev–Trinajstić information content (AvgIpc) is 2.82. The number of ether oxygens (including phenoxy) is 1. The number of nitrogens with two attached hydrogens (primary N) is 2. The number of carbonyl (C=O) groups excluding carboxylic acids is 1. The van der Waals surface area contributed by atoms with Gasteiger partial charge in [-0.15, -0.1) is 0 Å². The molecule has 0 unspecified atom stereocenters. The molecule has 0 saturated carbocycles. The van der Waals surface area contributed by atoms with Crippen LogP contribution >= 0.6 is 0 Å². The summed E-state index contributed by atoms with van der Waals surface area (Å²) in [6, 6.07) is 8.90. The number of hydrogen-bond acceptors (Lipinski definition) is 6. The van der Waals surface area contributed by atoms with Gasteiger partial charge in [-0.25, -0.2) is 14.3 Å². The van der Waals surface area contributed by atoms with E-state index in [-0.39, 0.29) is 17.5 Å². The molecule has 3 aromatic rings. The van der Waals surface area contributed by atoms with Crippen LogP contribution in [0, 0.1) is 6.92 Å². The summed E-state index contributed by atoms with van der Waals surface area (Å²) in [5.41, 5.74) is 12.6. The number of nitrogen functional groups attached to an aromatic ring is 1. The Kier molecular flexibility index (Phi) is 3.34. The van der Waals surface area contributed by atoms with Crippen LogP contribution in [-0.2, 0) is 6.61 Å². The number of primary amides is 1. The number of hydrogen-bond donors (Lipinski definition) is 2. The van der Waals surface area contributed by atoms with Gasteiger partial charge in [-0.1, -0.05) is 30.3 Å². The van der Waals surface area contributed by atoms with E-state index in [4.69, 9.17) is 16.2 Å². The van der Waals surface area contributed by atoms with E-state index in [0.29, 0.717) is 17.9 Å². The smallest absolute Gasteiger partial charge is 0.326 e. The Morgan fingerprint density at radius 3 is 2.64 bits per heavy atom. The zero-order valence-corrected chi connectivity index (χ0v) is 11.9. The number of amides is 1. The molecule has 0 atom stereocenters. The molecule has 1 amide bonds. The fourth-order valence-electron chi connectivity index (χ4n) is 2.15. The molecule has 0 bridgehead atoms. The third-order valence-electron chi connectivity index (χ3n) is 3.10. The quantitative estimate of drug-likeness (QED) is 0.749. The van der Waals surface area contributed by atoms with Gasteiger partial charge in [0, 0.05) is 0 Å². The molecule has 22 heavy (non-hydrogen) atoms. The second-order valence-electron chi connectivity index (χ2n) is 4.67. The summed E-state index contributed by atoms with van der Waals surface area (Å²) in [6.07, 6.45) is 0. The summed E-state index contributed by atoms with van der Waals surface area (Å²) in [5.74, 6) is 0.597. The Morgan fingerprint density at radius 1 is 1.23 bits per heavy atom. The van der Waals surface area contributed by atoms with Gasteiger partial charge in [0.25, 0.3) is 0 Å². The highest BCUT2D eigenvalue weighted by molar-refractivity contribution is 5.89. The SMILES string of the molecule is Cc1nc2c(OCc3ccccc3)nc(N)nc2n1C(N)=O. The second-order valence-corrected chi connectivity index (χ2v) is 4.67. The fourth-order valence-corrected chi connectivity index (χ4v) is 2.15. The van der Waals surface area contributed by atoms with E-state index < -0.39 is 6.03 Å². The van der Waals surface area contributed by atoms with Crippen molar-refractivity contribution >= 4 is 23.1 Å². The number of fused-ring (bicyclic) bond motifs is 1. The molecule has 112 valence electrons. The van der Waals surface area contributed by atoms with Crippen LogP contribution in [0.5, 0.6) is 5.88 Å². The first-order chi connectivity index (χ1) is 10.6. The van der Waals surface area contributed by atoms with E-state index in [1.54, 1.807) is 6.92 Å². The Morgan fingerprint density at radius 2 is 1.95 bits per heavy atom. The molecule has 2 aromatic heterocycles. The first kappa shape index (κ1) is 13.8. The molecule has 4 N–H and O–H groups in total. The molecule has 2 heterocycles. The van der Waals surface area contributed by atoms with Crippen molar-refractivity contribution in [3.63, 3.8) is 0 Å². The van der Waals surface area contributed by atoms with Crippen molar-refractivity contribution in [3.8, 4) is 5.88 Å². The van der Waals surface area contributed by atoms with Crippen molar-refractivity contribution in [2.45, 2.75) is 13.5 Å². The van der Waals surface area contributed by atoms with Gasteiger partial charge in [0.05, 0.1) is 0 Å². The first-order valence-electron chi connectivity index (χ1n) is 6.55. The van der Waals surface area contributed by atoms with Gasteiger partial charge in [0.2, 0.25) is 11.8 Å². The summed E-state index contributed by atoms with van der Waals surface area (Å²) >= 11 is 0. The largest absolute Gasteiger partial charge is 0.471 e. The fraction of sp³-hybridized carbons (Fsp3) is 0.143. The standard InChI is InChI=1S/C14H14N6O2/c1-8-17-10-11(20(8)14(16)21)18-13(15)19-12(10)22-7-9-5-3-2-4-6-9/h2-6H,7H2,1H3,(H2,16,21)(H2,15,18,19). The summed E-state index contributed by atoms with van der Waals surface area (Å²) < 4.78 is 6.84. The topological polar surface area (TPSA) is 122 Å². The van der Waals surface area contributed by atoms with E-state index >= 15 is 0 Å². The number of anilines is 1. The molecule has 0 aliphatic heterocycles. The number of aromatic nitrogens is 4. The number of rotatable bonds is 3. The van der Waals surface area contributed by atoms with E-state index in [0.717, 1.165) is 5.56 Å². The minimum absolute atomic E-state index is 0.0158. The lowest BCUT2D eigenvalue weighted by atomic mass is 10.2. The molecular weight excluding hydrogens is 284 g/mol. The van der Waals surface area contributed by atoms with Gasteiger partial charge in [-0.2, -0.15) is 9.97 Å². The van der Waals surface area contributed by atoms with E-state index in [1.807, 2.05) is 30.3 Å². The number of benzene rings is 1. The van der Waals surface area contributed by atoms with Crippen LogP contribution in [-0.4, -0.2) is 25.6 Å². The lowest BCUT2D eigenvalue weighted by molar-refractivity contribution is 0.250. The molecule has 0 saturated heterocycles. The van der Waals surface area contributed by atoms with Crippen LogP contribution < -0.4 is 16.2 Å². The summed E-state index contributed by atoms with van der Waals surface area (Å²) in [5, 5.41) is 0. The highest BCUT2D eigenvalue weighted by atomic mass is 16.5. The van der Waals surface area contributed by atoms with Crippen LogP contribution in [0.4, 0.5) is 10.7 Å². The molecule has 0 radical (unpaired) electrons. The zero-order chi connectivity index (χ0) is 15.7. The van der Waals surface area contributed by atoms with Gasteiger partial charge in [-0.05, 0) is 12.5 Å². The molecule has 0 spiro atoms. The van der Waals surface area contributed by atoms with Gasteiger partial charge < -0.3 is 16.2 Å². The van der Waals surface area contributed by atoms with E-state index in [2.05, 4.69) is 15.0 Å². The van der Waals surface area contributed by atoms with Gasteiger partial charge in [-0.3, -0.25) is 0 Å². The van der Waals surface area contributed by atoms with Crippen LogP contribution in [0.15, 0.2) is 30.3 Å². The van der Waals surface area contributed by atoms with E-state index in [9.17, 15) is 4.79 Å². The molecule has 3 rings (SSSR count). The third-order valence-corrected chi connectivity index (χ3v) is 3.10. The third kappa shape index (κ3) is 2.41. The van der Waals surface area contributed by atoms with Gasteiger partial charge in [0.1, 0.15) is 12.4 Å². The van der Waals surface area contributed by atoms with E-state index in [1.165, 1.54) is 4.57 Å². The molecule has 0 aliphatic rings. The molecular formula is C14H14N6O2. The Bertz CT molecular complexity index is 843. The van der Waals surface area contributed by atoms with Crippen molar-refractivity contribution in [2.75, 3.05) is 5.73 Å². The Labute approximate surface area is 125 Å². The Hall–Kier alpha value is -3.16. The lowest BCUT2D eigenvalue weighted by Crippen LogP contribution is -2.21. The van der Waals surface area contributed by atoms with Gasteiger partial charge in [0.15, 0.2) is 11.2 Å². The van der Waals surface area contributed by atoms with Gasteiger partial charge >= 0.3 is 6.03 Å². The van der Waals surface area contributed by atoms with Crippen LogP contribution in [0.25, 0.3) is 11.2 Å². The number of carbonyl (C=O) groups is 1. The minimum Gasteiger partial charge on any atom is -0.471 e. The number of imidazole rings is 1. The lowest BCUT2D eigenvalue weighted by Gasteiger charge is -2.06. The van der Waals surface area contributed by atoms with Crippen molar-refractivity contribution in [3.05, 3.63) is 41.7 Å². The summed E-state index contributed by atoms with van der Waals surface area (Å²) in [7, 11) is 0.